The molecule has 0 aliphatic carbocycles. The summed E-state index contributed by atoms with van der Waals surface area (Å²) in [7, 11) is 0. The monoisotopic (exact) mass is 461 g/mol. The molecule has 8 heteroatoms. The molecule has 176 valence electrons. The molecule has 2 aliphatic heterocycles. The molecule has 1 fully saturated rings. The summed E-state index contributed by atoms with van der Waals surface area (Å²) < 4.78 is 13.2. The van der Waals surface area contributed by atoms with Crippen molar-refractivity contribution in [2.24, 2.45) is 0 Å². The summed E-state index contributed by atoms with van der Waals surface area (Å²) >= 11 is 0. The molecule has 2 aromatic carbocycles. The highest BCUT2D eigenvalue weighted by Crippen LogP contribution is 2.25. The van der Waals surface area contributed by atoms with E-state index in [9.17, 15) is 14.0 Å². The molecule has 5 rings (SSSR count). The van der Waals surface area contributed by atoms with Crippen LogP contribution in [0.25, 0.3) is 0 Å². The minimum absolute atomic E-state index is 0.0266. The predicted octanol–water partition coefficient (Wildman–Crippen LogP) is 3.33. The Morgan fingerprint density at radius 3 is 2.32 bits per heavy atom. The first-order valence-corrected chi connectivity index (χ1v) is 11.6. The molecule has 0 atom stereocenters. The molecular formula is C26H28FN5O2. The van der Waals surface area contributed by atoms with Crippen LogP contribution in [0.15, 0.2) is 42.5 Å². The van der Waals surface area contributed by atoms with E-state index in [1.165, 1.54) is 12.1 Å². The quantitative estimate of drug-likeness (QED) is 0.650. The average molecular weight is 462 g/mol. The van der Waals surface area contributed by atoms with E-state index >= 15 is 0 Å². The summed E-state index contributed by atoms with van der Waals surface area (Å²) in [6.07, 6.45) is 0.643. The SMILES string of the molecule is Cc1ccc(C(=O)N2CCc3[nH]nc(C(=O)N4CCN(c5ccc(F)cc5)CC4)c3C2)cc1C. The number of hydrogen-bond acceptors (Lipinski definition) is 4. The van der Waals surface area contributed by atoms with Gasteiger partial charge in [0.2, 0.25) is 0 Å². The van der Waals surface area contributed by atoms with Crippen molar-refractivity contribution in [1.29, 1.82) is 0 Å². The molecule has 1 saturated heterocycles. The number of carbonyl (C=O) groups excluding carboxylic acids is 2. The fourth-order valence-corrected chi connectivity index (χ4v) is 4.67. The van der Waals surface area contributed by atoms with E-state index in [0.29, 0.717) is 56.9 Å². The molecular weight excluding hydrogens is 433 g/mol. The second-order valence-electron chi connectivity index (χ2n) is 9.06. The highest BCUT2D eigenvalue weighted by atomic mass is 19.1. The van der Waals surface area contributed by atoms with Crippen LogP contribution < -0.4 is 4.90 Å². The number of hydrogen-bond donors (Lipinski definition) is 1. The van der Waals surface area contributed by atoms with Crippen LogP contribution in [0.3, 0.4) is 0 Å². The van der Waals surface area contributed by atoms with Crippen molar-refractivity contribution in [3.05, 3.63) is 81.9 Å². The van der Waals surface area contributed by atoms with Gasteiger partial charge in [-0.2, -0.15) is 5.10 Å². The van der Waals surface area contributed by atoms with Crippen LogP contribution in [0.2, 0.25) is 0 Å². The van der Waals surface area contributed by atoms with Crippen molar-refractivity contribution >= 4 is 17.5 Å². The molecule has 0 spiro atoms. The molecule has 3 heterocycles. The van der Waals surface area contributed by atoms with E-state index in [-0.39, 0.29) is 17.6 Å². The predicted molar refractivity (Wildman–Crippen MR) is 127 cm³/mol. The summed E-state index contributed by atoms with van der Waals surface area (Å²) in [4.78, 5) is 32.2. The van der Waals surface area contributed by atoms with Crippen molar-refractivity contribution in [2.45, 2.75) is 26.8 Å². The number of nitrogens with zero attached hydrogens (tertiary/aromatic N) is 4. The third kappa shape index (κ3) is 4.16. The molecule has 3 aromatic rings. The van der Waals surface area contributed by atoms with Gasteiger partial charge < -0.3 is 14.7 Å². The summed E-state index contributed by atoms with van der Waals surface area (Å²) in [6, 6.07) is 12.2. The zero-order chi connectivity index (χ0) is 23.8. The molecule has 0 saturated carbocycles. The van der Waals surface area contributed by atoms with E-state index in [0.717, 1.165) is 28.1 Å². The molecule has 1 aromatic heterocycles. The van der Waals surface area contributed by atoms with Crippen molar-refractivity contribution < 1.29 is 14.0 Å². The van der Waals surface area contributed by atoms with Gasteiger partial charge in [-0.05, 0) is 61.4 Å². The van der Waals surface area contributed by atoms with E-state index in [1.54, 1.807) is 21.9 Å². The molecule has 7 nitrogen and oxygen atoms in total. The van der Waals surface area contributed by atoms with Crippen LogP contribution in [0.1, 0.15) is 43.2 Å². The Morgan fingerprint density at radius 1 is 0.882 bits per heavy atom. The van der Waals surface area contributed by atoms with Gasteiger partial charge in [0.1, 0.15) is 5.82 Å². The number of rotatable bonds is 3. The van der Waals surface area contributed by atoms with Crippen molar-refractivity contribution in [1.82, 2.24) is 20.0 Å². The Bertz CT molecular complexity index is 1230. The number of halogens is 1. The number of aryl methyl sites for hydroxylation is 2. The number of fused-ring (bicyclic) bond motifs is 1. The van der Waals surface area contributed by atoms with Crippen LogP contribution in [0, 0.1) is 19.7 Å². The fraction of sp³-hybridized carbons (Fsp3) is 0.346. The molecule has 2 amide bonds. The fourth-order valence-electron chi connectivity index (χ4n) is 4.67. The van der Waals surface area contributed by atoms with Gasteiger partial charge in [0, 0.05) is 61.7 Å². The van der Waals surface area contributed by atoms with Crippen molar-refractivity contribution in [3.8, 4) is 0 Å². The van der Waals surface area contributed by atoms with Gasteiger partial charge in [-0.1, -0.05) is 6.07 Å². The molecule has 1 N–H and O–H groups in total. The first kappa shape index (κ1) is 22.1. The molecule has 0 radical (unpaired) electrons. The topological polar surface area (TPSA) is 72.5 Å². The highest BCUT2D eigenvalue weighted by molar-refractivity contribution is 5.96. The van der Waals surface area contributed by atoms with Gasteiger partial charge in [0.05, 0.1) is 6.54 Å². The van der Waals surface area contributed by atoms with Gasteiger partial charge in [0.25, 0.3) is 11.8 Å². The summed E-state index contributed by atoms with van der Waals surface area (Å²) in [5, 5.41) is 7.36. The Kier molecular flexibility index (Phi) is 5.81. The van der Waals surface area contributed by atoms with E-state index in [4.69, 9.17) is 0 Å². The zero-order valence-corrected chi connectivity index (χ0v) is 19.5. The Hall–Kier alpha value is -3.68. The van der Waals surface area contributed by atoms with Crippen molar-refractivity contribution in [3.63, 3.8) is 0 Å². The smallest absolute Gasteiger partial charge is 0.274 e. The van der Waals surface area contributed by atoms with Crippen LogP contribution >= 0.6 is 0 Å². The Morgan fingerprint density at radius 2 is 1.62 bits per heavy atom. The summed E-state index contributed by atoms with van der Waals surface area (Å²) in [5.41, 5.74) is 6.00. The van der Waals surface area contributed by atoms with Crippen LogP contribution in [0.4, 0.5) is 10.1 Å². The standard InChI is InChI=1S/C26H28FN5O2/c1-17-3-4-19(15-18(17)2)25(33)32-10-9-23-22(16-32)24(29-28-23)26(34)31-13-11-30(12-14-31)21-7-5-20(27)6-8-21/h3-8,15H,9-14,16H2,1-2H3,(H,28,29). The normalized spacial score (nSPS) is 15.9. The summed E-state index contributed by atoms with van der Waals surface area (Å²) in [6.45, 7) is 7.44. The third-order valence-electron chi connectivity index (χ3n) is 6.94. The van der Waals surface area contributed by atoms with Crippen LogP contribution in [-0.2, 0) is 13.0 Å². The third-order valence-corrected chi connectivity index (χ3v) is 6.94. The van der Waals surface area contributed by atoms with Crippen LogP contribution in [-0.4, -0.2) is 64.5 Å². The number of aromatic nitrogens is 2. The average Bonchev–Trinajstić information content (AvgIpc) is 3.29. The molecule has 0 bridgehead atoms. The maximum atomic E-state index is 13.3. The van der Waals surface area contributed by atoms with Crippen molar-refractivity contribution in [2.75, 3.05) is 37.6 Å². The minimum Gasteiger partial charge on any atom is -0.368 e. The first-order chi connectivity index (χ1) is 16.4. The Balaban J connectivity index is 1.27. The number of H-pyrrole nitrogens is 1. The second-order valence-corrected chi connectivity index (χ2v) is 9.06. The largest absolute Gasteiger partial charge is 0.368 e. The van der Waals surface area contributed by atoms with Gasteiger partial charge in [-0.15, -0.1) is 0 Å². The van der Waals surface area contributed by atoms with E-state index < -0.39 is 0 Å². The lowest BCUT2D eigenvalue weighted by molar-refractivity contribution is 0.0709. The maximum Gasteiger partial charge on any atom is 0.274 e. The molecule has 2 aliphatic rings. The van der Waals surface area contributed by atoms with Crippen LogP contribution in [0.5, 0.6) is 0 Å². The number of anilines is 1. The zero-order valence-electron chi connectivity index (χ0n) is 19.5. The number of amides is 2. The van der Waals surface area contributed by atoms with Gasteiger partial charge in [-0.25, -0.2) is 4.39 Å². The number of aromatic amines is 1. The number of carbonyl (C=O) groups is 2. The van der Waals surface area contributed by atoms with E-state index in [2.05, 4.69) is 15.1 Å². The minimum atomic E-state index is -0.258. The lowest BCUT2D eigenvalue weighted by atomic mass is 10.0. The van der Waals surface area contributed by atoms with E-state index in [1.807, 2.05) is 32.0 Å². The maximum absolute atomic E-state index is 13.3. The lowest BCUT2D eigenvalue weighted by Gasteiger charge is -2.36. The number of nitrogens with one attached hydrogen (secondary N) is 1. The second kappa shape index (κ2) is 8.93. The molecule has 0 unspecified atom stereocenters. The molecule has 34 heavy (non-hydrogen) atoms. The highest BCUT2D eigenvalue weighted by Gasteiger charge is 2.31. The van der Waals surface area contributed by atoms with Gasteiger partial charge >= 0.3 is 0 Å². The Labute approximate surface area is 198 Å². The van der Waals surface area contributed by atoms with Gasteiger partial charge in [-0.3, -0.25) is 14.7 Å². The summed E-state index contributed by atoms with van der Waals surface area (Å²) in [5.74, 6) is -0.399. The number of benzene rings is 2. The lowest BCUT2D eigenvalue weighted by Crippen LogP contribution is -2.49. The first-order valence-electron chi connectivity index (χ1n) is 11.6. The number of piperazine rings is 1. The van der Waals surface area contributed by atoms with Gasteiger partial charge in [0.15, 0.2) is 5.69 Å².